The molecule has 0 aromatic heterocycles. The van der Waals surface area contributed by atoms with Gasteiger partial charge in [-0.25, -0.2) is 13.8 Å². The highest BCUT2D eigenvalue weighted by molar-refractivity contribution is 6.11. The molecule has 0 spiro atoms. The van der Waals surface area contributed by atoms with Crippen LogP contribution in [-0.2, 0) is 6.42 Å². The van der Waals surface area contributed by atoms with Crippen LogP contribution < -0.4 is 0 Å². The number of allylic oxidation sites excluding steroid dienone is 7. The van der Waals surface area contributed by atoms with Gasteiger partial charge in [0.25, 0.3) is 0 Å². The molecule has 0 saturated heterocycles. The number of hydrogen-bond acceptors (Lipinski definition) is 1. The van der Waals surface area contributed by atoms with Crippen molar-refractivity contribution in [1.29, 1.82) is 0 Å². The van der Waals surface area contributed by atoms with Crippen molar-refractivity contribution in [2.24, 2.45) is 4.99 Å². The molecule has 1 heterocycles. The number of rotatable bonds is 3. The summed E-state index contributed by atoms with van der Waals surface area (Å²) in [4.78, 5) is 4.43. The van der Waals surface area contributed by atoms with Crippen LogP contribution in [0.15, 0.2) is 65.7 Å². The molecule has 0 amide bonds. The average molecular weight is 271 g/mol. The van der Waals surface area contributed by atoms with E-state index in [0.29, 0.717) is 17.7 Å². The highest BCUT2D eigenvalue weighted by Gasteiger charge is 2.12. The second kappa shape index (κ2) is 6.24. The van der Waals surface area contributed by atoms with E-state index in [1.54, 1.807) is 6.08 Å². The highest BCUT2D eigenvalue weighted by Crippen LogP contribution is 2.27. The molecule has 3 heteroatoms. The lowest BCUT2D eigenvalue weighted by Crippen LogP contribution is -1.96. The molecule has 102 valence electrons. The average Bonchev–Trinajstić information content (AvgIpc) is 2.63. The minimum Gasteiger partial charge on any atom is -0.248 e. The Balaban J connectivity index is 2.49. The standard InChI is InChI=1S/C17H15F2N/c1-3-5-7-12(4-2)16-9-6-8-13-10-14(18)15(19)11-17(13)20-16/h3-7,9-11H,1,8H2,2H3/b7-5-,12-4+. The van der Waals surface area contributed by atoms with E-state index in [1.807, 2.05) is 37.3 Å². The van der Waals surface area contributed by atoms with Crippen LogP contribution in [0, 0.1) is 11.6 Å². The van der Waals surface area contributed by atoms with Crippen LogP contribution in [-0.4, -0.2) is 5.71 Å². The first kappa shape index (κ1) is 14.1. The number of hydrogen-bond donors (Lipinski definition) is 0. The zero-order valence-corrected chi connectivity index (χ0v) is 11.2. The van der Waals surface area contributed by atoms with E-state index in [4.69, 9.17) is 0 Å². The van der Waals surface area contributed by atoms with E-state index < -0.39 is 11.6 Å². The summed E-state index contributed by atoms with van der Waals surface area (Å²) in [6.45, 7) is 5.52. The van der Waals surface area contributed by atoms with Crippen molar-refractivity contribution in [3.63, 3.8) is 0 Å². The number of halogens is 2. The van der Waals surface area contributed by atoms with Crippen LogP contribution in [0.2, 0.25) is 0 Å². The van der Waals surface area contributed by atoms with E-state index in [0.717, 1.165) is 17.4 Å². The molecule has 0 bridgehead atoms. The molecule has 20 heavy (non-hydrogen) atoms. The summed E-state index contributed by atoms with van der Waals surface area (Å²) in [6, 6.07) is 2.35. The third-order valence-corrected chi connectivity index (χ3v) is 2.99. The van der Waals surface area contributed by atoms with E-state index in [2.05, 4.69) is 11.6 Å². The summed E-state index contributed by atoms with van der Waals surface area (Å²) in [6.07, 6.45) is 11.6. The van der Waals surface area contributed by atoms with E-state index in [1.165, 1.54) is 6.07 Å². The van der Waals surface area contributed by atoms with Crippen LogP contribution >= 0.6 is 0 Å². The molecule has 2 rings (SSSR count). The smallest absolute Gasteiger partial charge is 0.160 e. The van der Waals surface area contributed by atoms with Crippen molar-refractivity contribution in [3.05, 3.63) is 77.9 Å². The molecule has 0 radical (unpaired) electrons. The molecular weight excluding hydrogens is 256 g/mol. The fourth-order valence-electron chi connectivity index (χ4n) is 1.97. The van der Waals surface area contributed by atoms with Crippen LogP contribution in [0.4, 0.5) is 14.5 Å². The molecule has 1 aliphatic heterocycles. The Morgan fingerprint density at radius 2 is 2.05 bits per heavy atom. The summed E-state index contributed by atoms with van der Waals surface area (Å²) in [5.74, 6) is -1.72. The predicted molar refractivity (Wildman–Crippen MR) is 79.4 cm³/mol. The number of fused-ring (bicyclic) bond motifs is 1. The number of nitrogens with zero attached hydrogens (tertiary/aromatic N) is 1. The Morgan fingerprint density at radius 3 is 2.75 bits per heavy atom. The van der Waals surface area contributed by atoms with Gasteiger partial charge in [0, 0.05) is 6.07 Å². The summed E-state index contributed by atoms with van der Waals surface area (Å²) < 4.78 is 26.6. The topological polar surface area (TPSA) is 12.4 Å². The van der Waals surface area contributed by atoms with Gasteiger partial charge in [-0.3, -0.25) is 0 Å². The first-order valence-corrected chi connectivity index (χ1v) is 6.34. The maximum atomic E-state index is 13.3. The molecule has 0 N–H and O–H groups in total. The Morgan fingerprint density at radius 1 is 1.30 bits per heavy atom. The normalized spacial score (nSPS) is 14.9. The van der Waals surface area contributed by atoms with Gasteiger partial charge in [0.1, 0.15) is 0 Å². The minimum atomic E-state index is -0.877. The van der Waals surface area contributed by atoms with Crippen LogP contribution in [0.3, 0.4) is 0 Å². The van der Waals surface area contributed by atoms with Crippen molar-refractivity contribution in [1.82, 2.24) is 0 Å². The molecule has 1 aromatic carbocycles. The van der Waals surface area contributed by atoms with Gasteiger partial charge >= 0.3 is 0 Å². The van der Waals surface area contributed by atoms with Gasteiger partial charge in [0.2, 0.25) is 0 Å². The van der Waals surface area contributed by atoms with Gasteiger partial charge in [-0.15, -0.1) is 0 Å². The summed E-state index contributed by atoms with van der Waals surface area (Å²) in [5.41, 5.74) is 2.77. The maximum Gasteiger partial charge on any atom is 0.160 e. The van der Waals surface area contributed by atoms with E-state index >= 15 is 0 Å². The van der Waals surface area contributed by atoms with Gasteiger partial charge in [0.05, 0.1) is 11.4 Å². The zero-order valence-electron chi connectivity index (χ0n) is 11.2. The van der Waals surface area contributed by atoms with E-state index in [-0.39, 0.29) is 0 Å². The van der Waals surface area contributed by atoms with Gasteiger partial charge in [-0.2, -0.15) is 0 Å². The number of benzene rings is 1. The van der Waals surface area contributed by atoms with Crippen LogP contribution in [0.1, 0.15) is 12.5 Å². The van der Waals surface area contributed by atoms with Crippen molar-refractivity contribution in [2.75, 3.05) is 0 Å². The van der Waals surface area contributed by atoms with Crippen LogP contribution in [0.5, 0.6) is 0 Å². The molecular formula is C17H15F2N. The van der Waals surface area contributed by atoms with Gasteiger partial charge in [0.15, 0.2) is 11.6 Å². The second-order valence-electron chi connectivity index (χ2n) is 4.34. The molecule has 1 aromatic rings. The fraction of sp³-hybridized carbons (Fsp3) is 0.118. The SMILES string of the molecule is C=C/C=C\C(=C/C)C1=Nc2cc(F)c(F)cc2CC=C1. The molecule has 0 unspecified atom stereocenters. The quantitative estimate of drug-likeness (QED) is 0.698. The second-order valence-corrected chi connectivity index (χ2v) is 4.34. The third-order valence-electron chi connectivity index (χ3n) is 2.99. The van der Waals surface area contributed by atoms with Gasteiger partial charge in [-0.05, 0) is 36.6 Å². The van der Waals surface area contributed by atoms with Crippen molar-refractivity contribution < 1.29 is 8.78 Å². The lowest BCUT2D eigenvalue weighted by molar-refractivity contribution is 0.508. The minimum absolute atomic E-state index is 0.468. The maximum absolute atomic E-state index is 13.3. The monoisotopic (exact) mass is 271 g/mol. The van der Waals surface area contributed by atoms with Crippen LogP contribution in [0.25, 0.3) is 0 Å². The Labute approximate surface area is 117 Å². The summed E-state index contributed by atoms with van der Waals surface area (Å²) in [7, 11) is 0. The van der Waals surface area contributed by atoms with Gasteiger partial charge in [-0.1, -0.05) is 37.0 Å². The first-order chi connectivity index (χ1) is 9.65. The fourth-order valence-corrected chi connectivity index (χ4v) is 1.97. The van der Waals surface area contributed by atoms with E-state index in [9.17, 15) is 8.78 Å². The highest BCUT2D eigenvalue weighted by atomic mass is 19.2. The molecule has 0 fully saturated rings. The molecule has 0 saturated carbocycles. The largest absolute Gasteiger partial charge is 0.248 e. The predicted octanol–water partition coefficient (Wildman–Crippen LogP) is 4.84. The van der Waals surface area contributed by atoms with Crippen molar-refractivity contribution >= 4 is 11.4 Å². The zero-order chi connectivity index (χ0) is 14.5. The molecule has 0 aliphatic carbocycles. The third kappa shape index (κ3) is 2.99. The Bertz CT molecular complexity index is 649. The summed E-state index contributed by atoms with van der Waals surface area (Å²) in [5, 5.41) is 0. The lowest BCUT2D eigenvalue weighted by Gasteiger charge is -2.05. The molecule has 1 aliphatic rings. The Hall–Kier alpha value is -2.29. The Kier molecular flexibility index (Phi) is 4.41. The van der Waals surface area contributed by atoms with Gasteiger partial charge < -0.3 is 0 Å². The van der Waals surface area contributed by atoms with Crippen molar-refractivity contribution in [3.8, 4) is 0 Å². The lowest BCUT2D eigenvalue weighted by atomic mass is 10.1. The van der Waals surface area contributed by atoms with Crippen molar-refractivity contribution in [2.45, 2.75) is 13.3 Å². The number of aliphatic imine (C=N–C) groups is 1. The summed E-state index contributed by atoms with van der Waals surface area (Å²) >= 11 is 0. The molecule has 0 atom stereocenters. The molecule has 1 nitrogen and oxygen atoms in total. The first-order valence-electron chi connectivity index (χ1n) is 6.34.